The van der Waals surface area contributed by atoms with Gasteiger partial charge in [0.15, 0.2) is 11.5 Å². The van der Waals surface area contributed by atoms with Crippen LogP contribution in [0.1, 0.15) is 22.8 Å². The first-order chi connectivity index (χ1) is 16.5. The molecule has 6 nitrogen and oxygen atoms in total. The second kappa shape index (κ2) is 11.0. The molecule has 0 aliphatic heterocycles. The summed E-state index contributed by atoms with van der Waals surface area (Å²) in [5.41, 5.74) is 5.79. The van der Waals surface area contributed by atoms with Gasteiger partial charge in [0.1, 0.15) is 5.82 Å². The Labute approximate surface area is 208 Å². The molecule has 0 saturated carbocycles. The summed E-state index contributed by atoms with van der Waals surface area (Å²) < 4.78 is 25.2. The molecule has 9 heteroatoms. The first kappa shape index (κ1) is 23.6. The summed E-state index contributed by atoms with van der Waals surface area (Å²) in [4.78, 5) is 16.9. The Morgan fingerprint density at radius 2 is 1.88 bits per heavy atom. The normalized spacial score (nSPS) is 10.9. The van der Waals surface area contributed by atoms with Gasteiger partial charge in [-0.05, 0) is 67.1 Å². The van der Waals surface area contributed by atoms with Crippen LogP contribution in [-0.4, -0.2) is 23.8 Å². The van der Waals surface area contributed by atoms with E-state index in [1.165, 1.54) is 35.6 Å². The van der Waals surface area contributed by atoms with Crippen LogP contribution < -0.4 is 14.9 Å². The number of nitrogens with zero attached hydrogens (tertiary/aromatic N) is 2. The first-order valence-corrected chi connectivity index (χ1v) is 11.9. The van der Waals surface area contributed by atoms with Crippen LogP contribution in [0.2, 0.25) is 0 Å². The minimum atomic E-state index is -0.602. The van der Waals surface area contributed by atoms with Crippen molar-refractivity contribution in [2.24, 2.45) is 5.10 Å². The average molecular weight is 540 g/mol. The Hall–Kier alpha value is -3.56. The molecule has 1 aromatic heterocycles. The minimum absolute atomic E-state index is 0.240. The van der Waals surface area contributed by atoms with Crippen molar-refractivity contribution in [3.63, 3.8) is 0 Å². The first-order valence-electron chi connectivity index (χ1n) is 10.3. The van der Waals surface area contributed by atoms with E-state index < -0.39 is 11.8 Å². The SMILES string of the molecule is CCOc1cc(/C=N\Nc2nc(-c3ccc(Br)cc3)cs2)ccc1OC(=O)c1ccc(F)cc1. The van der Waals surface area contributed by atoms with Gasteiger partial charge in [-0.25, -0.2) is 14.2 Å². The van der Waals surface area contributed by atoms with E-state index in [4.69, 9.17) is 9.47 Å². The predicted molar refractivity (Wildman–Crippen MR) is 135 cm³/mol. The monoisotopic (exact) mass is 539 g/mol. The summed E-state index contributed by atoms with van der Waals surface area (Å²) in [6.07, 6.45) is 1.62. The second-order valence-corrected chi connectivity index (χ2v) is 8.72. The Bertz CT molecular complexity index is 1310. The van der Waals surface area contributed by atoms with Gasteiger partial charge in [0.2, 0.25) is 5.13 Å². The molecule has 0 aliphatic carbocycles. The van der Waals surface area contributed by atoms with Crippen molar-refractivity contribution < 1.29 is 18.7 Å². The molecule has 1 N–H and O–H groups in total. The number of hydrogen-bond donors (Lipinski definition) is 1. The molecule has 172 valence electrons. The van der Waals surface area contributed by atoms with Gasteiger partial charge in [-0.2, -0.15) is 5.10 Å². The zero-order chi connectivity index (χ0) is 23.9. The van der Waals surface area contributed by atoms with Gasteiger partial charge in [0.25, 0.3) is 0 Å². The van der Waals surface area contributed by atoms with Crippen molar-refractivity contribution in [3.05, 3.63) is 93.5 Å². The third-order valence-corrected chi connectivity index (χ3v) is 5.84. The lowest BCUT2D eigenvalue weighted by Crippen LogP contribution is -2.10. The van der Waals surface area contributed by atoms with Crippen LogP contribution in [0, 0.1) is 5.82 Å². The quantitative estimate of drug-likeness (QED) is 0.116. The number of carbonyl (C=O) groups excluding carboxylic acids is 1. The van der Waals surface area contributed by atoms with Crippen LogP contribution >= 0.6 is 27.3 Å². The lowest BCUT2D eigenvalue weighted by Gasteiger charge is -2.11. The molecular formula is C25H19BrFN3O3S. The van der Waals surface area contributed by atoms with Gasteiger partial charge in [0.05, 0.1) is 24.1 Å². The Balaban J connectivity index is 1.43. The minimum Gasteiger partial charge on any atom is -0.490 e. The smallest absolute Gasteiger partial charge is 0.343 e. The molecule has 0 saturated heterocycles. The molecule has 3 aromatic carbocycles. The number of halogens is 2. The molecule has 0 atom stereocenters. The molecule has 0 spiro atoms. The molecular weight excluding hydrogens is 521 g/mol. The molecule has 34 heavy (non-hydrogen) atoms. The van der Waals surface area contributed by atoms with Crippen molar-refractivity contribution in [1.29, 1.82) is 0 Å². The van der Waals surface area contributed by atoms with Gasteiger partial charge < -0.3 is 9.47 Å². The number of hydrazone groups is 1. The summed E-state index contributed by atoms with van der Waals surface area (Å²) in [7, 11) is 0. The zero-order valence-electron chi connectivity index (χ0n) is 18.0. The Morgan fingerprint density at radius 3 is 2.62 bits per heavy atom. The number of esters is 1. The fourth-order valence-corrected chi connectivity index (χ4v) is 3.88. The summed E-state index contributed by atoms with van der Waals surface area (Å²) in [6, 6.07) is 18.2. The van der Waals surface area contributed by atoms with Crippen LogP contribution in [0.4, 0.5) is 9.52 Å². The summed E-state index contributed by atoms with van der Waals surface area (Å²) in [6.45, 7) is 2.22. The van der Waals surface area contributed by atoms with E-state index >= 15 is 0 Å². The lowest BCUT2D eigenvalue weighted by molar-refractivity contribution is 0.0728. The van der Waals surface area contributed by atoms with Gasteiger partial charge >= 0.3 is 5.97 Å². The number of anilines is 1. The van der Waals surface area contributed by atoms with E-state index in [1.807, 2.05) is 36.6 Å². The highest BCUT2D eigenvalue weighted by Gasteiger charge is 2.13. The summed E-state index contributed by atoms with van der Waals surface area (Å²) in [5, 5.41) is 6.86. The fraction of sp³-hybridized carbons (Fsp3) is 0.0800. The molecule has 0 fully saturated rings. The molecule has 1 heterocycles. The van der Waals surface area contributed by atoms with Crippen LogP contribution in [-0.2, 0) is 0 Å². The van der Waals surface area contributed by atoms with Crippen molar-refractivity contribution in [3.8, 4) is 22.8 Å². The summed E-state index contributed by atoms with van der Waals surface area (Å²) in [5.74, 6) is -0.366. The van der Waals surface area contributed by atoms with E-state index in [0.29, 0.717) is 17.5 Å². The Kier molecular flexibility index (Phi) is 7.66. The van der Waals surface area contributed by atoms with Gasteiger partial charge in [-0.1, -0.05) is 28.1 Å². The standard InChI is InChI=1S/C25H19BrFN3O3S/c1-2-32-23-13-16(3-12-22(23)33-24(31)18-6-10-20(27)11-7-18)14-28-30-25-29-21(15-34-25)17-4-8-19(26)9-5-17/h3-15H,2H2,1H3,(H,29,30)/b28-14-. The van der Waals surface area contributed by atoms with Gasteiger partial charge in [-0.15, -0.1) is 11.3 Å². The van der Waals surface area contributed by atoms with E-state index in [9.17, 15) is 9.18 Å². The maximum atomic E-state index is 13.1. The average Bonchev–Trinajstić information content (AvgIpc) is 3.30. The number of rotatable bonds is 8. The van der Waals surface area contributed by atoms with Gasteiger partial charge in [0, 0.05) is 15.4 Å². The van der Waals surface area contributed by atoms with E-state index in [2.05, 4.69) is 31.4 Å². The number of carbonyl (C=O) groups is 1. The van der Waals surface area contributed by atoms with Crippen molar-refractivity contribution in [2.45, 2.75) is 6.92 Å². The van der Waals surface area contributed by atoms with Crippen molar-refractivity contribution in [2.75, 3.05) is 12.0 Å². The van der Waals surface area contributed by atoms with Crippen LogP contribution in [0.3, 0.4) is 0 Å². The third kappa shape index (κ3) is 6.06. The summed E-state index contributed by atoms with van der Waals surface area (Å²) >= 11 is 4.88. The number of thiazole rings is 1. The van der Waals surface area contributed by atoms with Crippen molar-refractivity contribution >= 4 is 44.6 Å². The predicted octanol–water partition coefficient (Wildman–Crippen LogP) is 6.78. The van der Waals surface area contributed by atoms with Crippen molar-refractivity contribution in [1.82, 2.24) is 4.98 Å². The number of aromatic nitrogens is 1. The van der Waals surface area contributed by atoms with E-state index in [0.717, 1.165) is 21.3 Å². The molecule has 0 aliphatic rings. The Morgan fingerprint density at radius 1 is 1.12 bits per heavy atom. The second-order valence-electron chi connectivity index (χ2n) is 6.95. The highest BCUT2D eigenvalue weighted by Crippen LogP contribution is 2.29. The fourth-order valence-electron chi connectivity index (χ4n) is 2.94. The number of benzene rings is 3. The molecule has 0 amide bonds. The molecule has 0 bridgehead atoms. The number of ether oxygens (including phenoxy) is 2. The van der Waals surface area contributed by atoms with Crippen LogP contribution in [0.5, 0.6) is 11.5 Å². The highest BCUT2D eigenvalue weighted by molar-refractivity contribution is 9.10. The number of hydrogen-bond acceptors (Lipinski definition) is 7. The maximum Gasteiger partial charge on any atom is 0.343 e. The molecule has 0 unspecified atom stereocenters. The topological polar surface area (TPSA) is 72.8 Å². The van der Waals surface area contributed by atoms with Crippen LogP contribution in [0.15, 0.2) is 81.7 Å². The maximum absolute atomic E-state index is 13.1. The van der Waals surface area contributed by atoms with Gasteiger partial charge in [-0.3, -0.25) is 5.43 Å². The highest BCUT2D eigenvalue weighted by atomic mass is 79.9. The van der Waals surface area contributed by atoms with Crippen LogP contribution in [0.25, 0.3) is 11.3 Å². The van der Waals surface area contributed by atoms with E-state index in [1.54, 1.807) is 24.4 Å². The molecule has 4 rings (SSSR count). The molecule has 4 aromatic rings. The lowest BCUT2D eigenvalue weighted by atomic mass is 10.2. The number of nitrogens with one attached hydrogen (secondary N) is 1. The van der Waals surface area contributed by atoms with E-state index in [-0.39, 0.29) is 11.3 Å². The third-order valence-electron chi connectivity index (χ3n) is 4.57. The molecule has 0 radical (unpaired) electrons. The zero-order valence-corrected chi connectivity index (χ0v) is 20.4. The largest absolute Gasteiger partial charge is 0.490 e.